The number of ketones is 1. The largest absolute Gasteiger partial charge is 0.384 e. The van der Waals surface area contributed by atoms with E-state index < -0.39 is 6.04 Å². The molecule has 0 aliphatic carbocycles. The molecule has 1 aromatic heterocycles. The van der Waals surface area contributed by atoms with E-state index in [-0.39, 0.29) is 5.78 Å². The Bertz CT molecular complexity index is 1050. The summed E-state index contributed by atoms with van der Waals surface area (Å²) in [5, 5.41) is 4.33. The van der Waals surface area contributed by atoms with Gasteiger partial charge in [0.15, 0.2) is 6.29 Å². The van der Waals surface area contributed by atoms with Gasteiger partial charge < -0.3 is 10.1 Å². The van der Waals surface area contributed by atoms with Crippen LogP contribution in [0.15, 0.2) is 30.5 Å². The highest BCUT2D eigenvalue weighted by Crippen LogP contribution is 2.21. The highest BCUT2D eigenvalue weighted by atomic mass is 32.1. The third-order valence-corrected chi connectivity index (χ3v) is 6.88. The number of likely N-dealkylation sites (N-methyl/N-ethyl adjacent to an activating group) is 1. The highest BCUT2D eigenvalue weighted by molar-refractivity contribution is 7.22. The zero-order chi connectivity index (χ0) is 26.5. The Morgan fingerprint density at radius 3 is 2.46 bits per heavy atom. The molecule has 0 aliphatic heterocycles. The molecule has 1 atom stereocenters. The number of nitrogens with zero attached hydrogens (tertiary/aromatic N) is 2. The van der Waals surface area contributed by atoms with Gasteiger partial charge in [0.05, 0.1) is 16.7 Å². The third kappa shape index (κ3) is 9.25. The summed E-state index contributed by atoms with van der Waals surface area (Å²) < 4.78 is 0. The maximum absolute atomic E-state index is 12.1. The number of allylic oxidation sites excluding steroid dienone is 1. The third-order valence-electron chi connectivity index (χ3n) is 5.33. The second kappa shape index (κ2) is 15.5. The quantitative estimate of drug-likeness (QED) is 0.287. The van der Waals surface area contributed by atoms with E-state index >= 15 is 0 Å². The smallest absolute Gasteiger partial charge is 0.151 e. The number of carbonyl (C=O) groups excluding carboxylic acids is 3. The monoisotopic (exact) mass is 515 g/mol. The number of aryl methyl sites for hydroxylation is 2. The molecule has 0 saturated heterocycles. The van der Waals surface area contributed by atoms with Gasteiger partial charge in [-0.15, -0.1) is 20.2 Å². The van der Waals surface area contributed by atoms with Crippen molar-refractivity contribution in [1.29, 1.82) is 0 Å². The van der Waals surface area contributed by atoms with E-state index in [0.717, 1.165) is 34.5 Å². The predicted octanol–water partition coefficient (Wildman–Crippen LogP) is 5.32. The van der Waals surface area contributed by atoms with Crippen molar-refractivity contribution >= 4 is 44.0 Å². The molecule has 190 valence electrons. The molecule has 8 heteroatoms. The molecule has 0 saturated carbocycles. The number of aldehydes is 2. The molecule has 0 spiro atoms. The molecule has 1 heterocycles. The number of thiazole rings is 1. The van der Waals surface area contributed by atoms with Crippen LogP contribution in [0.25, 0.3) is 0 Å². The van der Waals surface area contributed by atoms with Crippen LogP contribution in [0.2, 0.25) is 0 Å². The first kappa shape index (κ1) is 30.6. The molecular formula is C27H38N3O3PS. The first-order valence-corrected chi connectivity index (χ1v) is 13.1. The van der Waals surface area contributed by atoms with E-state index in [1.807, 2.05) is 32.0 Å². The fraction of sp³-hybridized carbons (Fsp3) is 0.444. The second-order valence-corrected chi connectivity index (χ2v) is 10.3. The van der Waals surface area contributed by atoms with Crippen LogP contribution in [-0.4, -0.2) is 46.7 Å². The molecule has 35 heavy (non-hydrogen) atoms. The molecule has 2 rings (SSSR count). The van der Waals surface area contributed by atoms with Crippen molar-refractivity contribution in [2.75, 3.05) is 7.05 Å². The normalized spacial score (nSPS) is 11.3. The van der Waals surface area contributed by atoms with Crippen molar-refractivity contribution in [2.45, 2.75) is 72.9 Å². The van der Waals surface area contributed by atoms with Gasteiger partial charge in [0.25, 0.3) is 0 Å². The van der Waals surface area contributed by atoms with Crippen LogP contribution in [-0.2, 0) is 22.6 Å². The average molecular weight is 516 g/mol. The standard InChI is InChI=1S/C24H30N3O3PS.C3H8/c1-15(12-22-17(3)32-18(4)26-22)25-13-19-8-6-9-20(21(19)14-29)24(31)27(5)23(16(2)30)10-7-11-28;1-3-2/h6,8-9,11,14,23,25,31H,1,7,10,12-13H2,2-5H3;3H2,1-2H3. The number of hydrogen-bond acceptors (Lipinski definition) is 6. The molecule has 6 nitrogen and oxygen atoms in total. The van der Waals surface area contributed by atoms with Crippen molar-refractivity contribution in [1.82, 2.24) is 15.2 Å². The molecule has 0 aliphatic rings. The van der Waals surface area contributed by atoms with Crippen molar-refractivity contribution < 1.29 is 14.4 Å². The molecule has 0 radical (unpaired) electrons. The molecule has 0 fully saturated rings. The lowest BCUT2D eigenvalue weighted by Crippen LogP contribution is -2.41. The van der Waals surface area contributed by atoms with Crippen LogP contribution < -0.4 is 5.32 Å². The number of rotatable bonds is 13. The van der Waals surface area contributed by atoms with Crippen LogP contribution in [0.3, 0.4) is 0 Å². The summed E-state index contributed by atoms with van der Waals surface area (Å²) in [7, 11) is 5.41. The lowest BCUT2D eigenvalue weighted by Gasteiger charge is -2.28. The summed E-state index contributed by atoms with van der Waals surface area (Å²) >= 11 is 1.67. The first-order valence-electron chi connectivity index (χ1n) is 11.8. The van der Waals surface area contributed by atoms with Gasteiger partial charge >= 0.3 is 0 Å². The Morgan fingerprint density at radius 2 is 1.94 bits per heavy atom. The SMILES string of the molecule is C=C(Cc1nc(C)sc1C)NCc1cccc(C(=P)N(C)C(CCC=O)C(C)=O)c1C=O.CCC. The Hall–Kier alpha value is -2.47. The Morgan fingerprint density at radius 1 is 1.29 bits per heavy atom. The minimum Gasteiger partial charge on any atom is -0.384 e. The fourth-order valence-electron chi connectivity index (χ4n) is 3.58. The average Bonchev–Trinajstić information content (AvgIpc) is 3.13. The predicted molar refractivity (Wildman–Crippen MR) is 149 cm³/mol. The lowest BCUT2D eigenvalue weighted by molar-refractivity contribution is -0.120. The molecule has 1 N–H and O–H groups in total. The van der Waals surface area contributed by atoms with Gasteiger partial charge in [0.1, 0.15) is 12.1 Å². The molecule has 0 amide bonds. The summed E-state index contributed by atoms with van der Waals surface area (Å²) in [4.78, 5) is 42.4. The summed E-state index contributed by atoms with van der Waals surface area (Å²) in [6.07, 6.45) is 4.21. The van der Waals surface area contributed by atoms with Crippen LogP contribution in [0.5, 0.6) is 0 Å². The lowest BCUT2D eigenvalue weighted by atomic mass is 9.99. The highest BCUT2D eigenvalue weighted by Gasteiger charge is 2.24. The number of benzene rings is 1. The molecule has 0 bridgehead atoms. The zero-order valence-corrected chi connectivity index (χ0v) is 23.6. The first-order chi connectivity index (χ1) is 16.6. The maximum atomic E-state index is 12.1. The maximum Gasteiger partial charge on any atom is 0.151 e. The van der Waals surface area contributed by atoms with Crippen LogP contribution >= 0.6 is 20.2 Å². The zero-order valence-electron chi connectivity index (χ0n) is 21.7. The van der Waals surface area contributed by atoms with Crippen molar-refractivity contribution in [3.8, 4) is 0 Å². The van der Waals surface area contributed by atoms with Gasteiger partial charge in [-0.25, -0.2) is 4.98 Å². The van der Waals surface area contributed by atoms with Crippen molar-refractivity contribution in [3.05, 3.63) is 62.7 Å². The molecule has 2 aromatic rings. The van der Waals surface area contributed by atoms with Gasteiger partial charge in [-0.05, 0) is 39.8 Å². The van der Waals surface area contributed by atoms with Crippen molar-refractivity contribution in [2.24, 2.45) is 0 Å². The fourth-order valence-corrected chi connectivity index (χ4v) is 4.78. The topological polar surface area (TPSA) is 79.4 Å². The number of hydrogen-bond donors (Lipinski definition) is 1. The minimum atomic E-state index is -0.460. The van der Waals surface area contributed by atoms with E-state index in [1.165, 1.54) is 18.2 Å². The summed E-state index contributed by atoms with van der Waals surface area (Å²) in [5.74, 6) is -0.0422. The van der Waals surface area contributed by atoms with E-state index in [0.29, 0.717) is 42.4 Å². The van der Waals surface area contributed by atoms with Crippen LogP contribution in [0, 0.1) is 13.8 Å². The van der Waals surface area contributed by atoms with E-state index in [2.05, 4.69) is 39.6 Å². The van der Waals surface area contributed by atoms with Gasteiger partial charge in [-0.1, -0.05) is 45.0 Å². The minimum absolute atomic E-state index is 0.0422. The Labute approximate surface area is 216 Å². The molecule has 1 aromatic carbocycles. The van der Waals surface area contributed by atoms with Crippen molar-refractivity contribution in [3.63, 3.8) is 0 Å². The van der Waals surface area contributed by atoms with E-state index in [9.17, 15) is 14.4 Å². The summed E-state index contributed by atoms with van der Waals surface area (Å²) in [6.45, 7) is 14.3. The Kier molecular flexibility index (Phi) is 13.5. The van der Waals surface area contributed by atoms with Gasteiger partial charge in [-0.3, -0.25) is 14.5 Å². The summed E-state index contributed by atoms with van der Waals surface area (Å²) in [5.41, 5.74) is 4.49. The summed E-state index contributed by atoms with van der Waals surface area (Å²) in [6, 6.07) is 5.14. The van der Waals surface area contributed by atoms with Gasteiger partial charge in [0, 0.05) is 46.5 Å². The van der Waals surface area contributed by atoms with E-state index in [1.54, 1.807) is 23.3 Å². The number of nitrogens with one attached hydrogen (secondary N) is 1. The number of carbonyl (C=O) groups is 3. The van der Waals surface area contributed by atoms with Crippen LogP contribution in [0.1, 0.15) is 77.1 Å². The Balaban J connectivity index is 0.00000194. The molecule has 1 unspecified atom stereocenters. The number of aromatic nitrogens is 1. The number of Topliss-reactive ketones (excluding diaryl/α,β-unsaturated/α-hetero) is 1. The molecular weight excluding hydrogens is 477 g/mol. The second-order valence-electron chi connectivity index (χ2n) is 8.40. The van der Waals surface area contributed by atoms with Crippen LogP contribution in [0.4, 0.5) is 0 Å². The van der Waals surface area contributed by atoms with Gasteiger partial charge in [-0.2, -0.15) is 0 Å². The van der Waals surface area contributed by atoms with E-state index in [4.69, 9.17) is 0 Å². The van der Waals surface area contributed by atoms with Gasteiger partial charge in [0.2, 0.25) is 0 Å².